The average molecular weight is 422 g/mol. The molecule has 30 heavy (non-hydrogen) atoms. The number of nitrogens with one attached hydrogen (secondary N) is 1. The zero-order valence-corrected chi connectivity index (χ0v) is 19.2. The first-order valence-corrected chi connectivity index (χ1v) is 9.87. The summed E-state index contributed by atoms with van der Waals surface area (Å²) in [6, 6.07) is 3.05. The summed E-state index contributed by atoms with van der Waals surface area (Å²) in [6.07, 6.45) is -0.475. The number of phenolic OH excluding ortho intramolecular Hbond substituents is 1. The van der Waals surface area contributed by atoms with Crippen LogP contribution in [0.3, 0.4) is 0 Å². The second-order valence-electron chi connectivity index (χ2n) is 9.65. The van der Waals surface area contributed by atoms with Crippen LogP contribution in [0, 0.1) is 12.3 Å². The molecule has 3 amide bonds. The first-order chi connectivity index (χ1) is 13.5. The Morgan fingerprint density at radius 1 is 1.17 bits per heavy atom. The molecule has 1 aromatic rings. The van der Waals surface area contributed by atoms with Gasteiger partial charge in [-0.2, -0.15) is 0 Å². The number of likely N-dealkylation sites (N-methyl/N-ethyl adjacent to an activating group) is 1. The number of hydrogen-bond donors (Lipinski definition) is 3. The molecule has 0 aromatic heterocycles. The van der Waals surface area contributed by atoms with E-state index in [9.17, 15) is 19.5 Å². The highest BCUT2D eigenvalue weighted by Gasteiger charge is 2.40. The Morgan fingerprint density at radius 3 is 2.17 bits per heavy atom. The number of nitrogens with zero attached hydrogens (tertiary/aromatic N) is 1. The lowest BCUT2D eigenvalue weighted by Gasteiger charge is -2.38. The highest BCUT2D eigenvalue weighted by atomic mass is 16.6. The monoisotopic (exact) mass is 421 g/mol. The standard InChI is InChI=1S/C22H35N3O5/c1-13-11-14(9-10-16(13)26)12-15(18(23)27)24-19(28)17(21(2,3)4)25(8)20(29)30-22(5,6)7/h9-11,15,17,26H,12H2,1-8H3,(H2,23,27)(H,24,28)/t15-,17+/m0/s1. The number of hydrogen-bond acceptors (Lipinski definition) is 5. The lowest BCUT2D eigenvalue weighted by atomic mass is 9.85. The normalized spacial score (nSPS) is 13.9. The Labute approximate surface area is 178 Å². The molecule has 2 atom stereocenters. The number of nitrogens with two attached hydrogens (primary N) is 1. The van der Waals surface area contributed by atoms with Gasteiger partial charge in [0, 0.05) is 13.5 Å². The van der Waals surface area contributed by atoms with E-state index in [1.54, 1.807) is 39.8 Å². The molecule has 0 spiro atoms. The van der Waals surface area contributed by atoms with Crippen LogP contribution in [0.4, 0.5) is 4.79 Å². The molecular weight excluding hydrogens is 386 g/mol. The van der Waals surface area contributed by atoms with E-state index in [-0.39, 0.29) is 12.2 Å². The van der Waals surface area contributed by atoms with Crippen LogP contribution in [0.2, 0.25) is 0 Å². The van der Waals surface area contributed by atoms with Crippen molar-refractivity contribution in [2.24, 2.45) is 11.1 Å². The molecule has 0 saturated heterocycles. The lowest BCUT2D eigenvalue weighted by molar-refractivity contribution is -0.133. The second-order valence-corrected chi connectivity index (χ2v) is 9.65. The maximum absolute atomic E-state index is 13.1. The Bertz CT molecular complexity index is 793. The van der Waals surface area contributed by atoms with E-state index < -0.39 is 41.0 Å². The topological polar surface area (TPSA) is 122 Å². The predicted octanol–water partition coefficient (Wildman–Crippen LogP) is 2.49. The Kier molecular flexibility index (Phi) is 7.89. The molecule has 1 aromatic carbocycles. The Morgan fingerprint density at radius 2 is 1.73 bits per heavy atom. The third-order valence-electron chi connectivity index (χ3n) is 4.50. The van der Waals surface area contributed by atoms with Crippen molar-refractivity contribution in [3.63, 3.8) is 0 Å². The molecule has 8 heteroatoms. The summed E-state index contributed by atoms with van der Waals surface area (Å²) in [7, 11) is 1.49. The minimum Gasteiger partial charge on any atom is -0.508 e. The fraction of sp³-hybridized carbons (Fsp3) is 0.591. The van der Waals surface area contributed by atoms with Crippen LogP contribution in [0.5, 0.6) is 5.75 Å². The van der Waals surface area contributed by atoms with E-state index in [0.29, 0.717) is 5.56 Å². The van der Waals surface area contributed by atoms with Gasteiger partial charge in [0.15, 0.2) is 0 Å². The number of primary amides is 1. The van der Waals surface area contributed by atoms with Crippen molar-refractivity contribution in [3.8, 4) is 5.75 Å². The van der Waals surface area contributed by atoms with Gasteiger partial charge in [0.25, 0.3) is 0 Å². The summed E-state index contributed by atoms with van der Waals surface area (Å²) >= 11 is 0. The van der Waals surface area contributed by atoms with Crippen LogP contribution in [0.15, 0.2) is 18.2 Å². The van der Waals surface area contributed by atoms with Gasteiger partial charge in [-0.05, 0) is 50.3 Å². The van der Waals surface area contributed by atoms with Gasteiger partial charge in [-0.15, -0.1) is 0 Å². The first kappa shape index (κ1) is 25.3. The first-order valence-electron chi connectivity index (χ1n) is 9.87. The number of aryl methyl sites for hydroxylation is 1. The van der Waals surface area contributed by atoms with Crippen LogP contribution >= 0.6 is 0 Å². The molecule has 0 unspecified atom stereocenters. The number of amides is 3. The van der Waals surface area contributed by atoms with E-state index in [2.05, 4.69) is 5.32 Å². The highest BCUT2D eigenvalue weighted by molar-refractivity contribution is 5.91. The minimum atomic E-state index is -0.974. The Hall–Kier alpha value is -2.77. The van der Waals surface area contributed by atoms with Crippen molar-refractivity contribution < 1.29 is 24.2 Å². The van der Waals surface area contributed by atoms with Gasteiger partial charge in [-0.1, -0.05) is 32.9 Å². The maximum Gasteiger partial charge on any atom is 0.410 e. The molecule has 0 saturated carbocycles. The molecule has 4 N–H and O–H groups in total. The zero-order chi connectivity index (χ0) is 23.4. The molecule has 8 nitrogen and oxygen atoms in total. The number of benzene rings is 1. The van der Waals surface area contributed by atoms with E-state index in [1.165, 1.54) is 18.0 Å². The Balaban J connectivity index is 3.08. The molecule has 0 aliphatic carbocycles. The fourth-order valence-corrected chi connectivity index (χ4v) is 3.14. The van der Waals surface area contributed by atoms with E-state index in [1.807, 2.05) is 20.8 Å². The van der Waals surface area contributed by atoms with Gasteiger partial charge < -0.3 is 20.9 Å². The molecule has 0 fully saturated rings. The van der Waals surface area contributed by atoms with Gasteiger partial charge in [0.2, 0.25) is 11.8 Å². The number of carbonyl (C=O) groups is 3. The smallest absolute Gasteiger partial charge is 0.410 e. The van der Waals surface area contributed by atoms with Gasteiger partial charge in [-0.25, -0.2) is 4.79 Å². The van der Waals surface area contributed by atoms with Gasteiger partial charge in [0.1, 0.15) is 23.4 Å². The third-order valence-corrected chi connectivity index (χ3v) is 4.50. The largest absolute Gasteiger partial charge is 0.508 e. The zero-order valence-electron chi connectivity index (χ0n) is 19.2. The van der Waals surface area contributed by atoms with Crippen LogP contribution in [0.25, 0.3) is 0 Å². The third kappa shape index (κ3) is 7.24. The van der Waals surface area contributed by atoms with Crippen molar-refractivity contribution in [3.05, 3.63) is 29.3 Å². The summed E-state index contributed by atoms with van der Waals surface area (Å²) in [5.74, 6) is -1.05. The van der Waals surface area contributed by atoms with Crippen LogP contribution in [0.1, 0.15) is 52.7 Å². The molecule has 0 bridgehead atoms. The summed E-state index contributed by atoms with van der Waals surface area (Å²) in [6.45, 7) is 12.4. The van der Waals surface area contributed by atoms with Crippen molar-refractivity contribution in [2.45, 2.75) is 72.6 Å². The maximum atomic E-state index is 13.1. The second kappa shape index (κ2) is 9.36. The quantitative estimate of drug-likeness (QED) is 0.651. The summed E-state index contributed by atoms with van der Waals surface area (Å²) in [4.78, 5) is 38.9. The number of aromatic hydroxyl groups is 1. The molecule has 0 aliphatic rings. The minimum absolute atomic E-state index is 0.144. The predicted molar refractivity (Wildman–Crippen MR) is 115 cm³/mol. The van der Waals surface area contributed by atoms with Crippen molar-refractivity contribution in [1.29, 1.82) is 0 Å². The fourth-order valence-electron chi connectivity index (χ4n) is 3.14. The van der Waals surface area contributed by atoms with Crippen molar-refractivity contribution in [1.82, 2.24) is 10.2 Å². The molecular formula is C22H35N3O5. The molecule has 1 rings (SSSR count). The van der Waals surface area contributed by atoms with Crippen LogP contribution < -0.4 is 11.1 Å². The molecule has 0 heterocycles. The van der Waals surface area contributed by atoms with E-state index >= 15 is 0 Å². The molecule has 168 valence electrons. The van der Waals surface area contributed by atoms with Crippen molar-refractivity contribution in [2.75, 3.05) is 7.05 Å². The number of rotatable bonds is 6. The molecule has 0 aliphatic heterocycles. The SMILES string of the molecule is Cc1cc(C[C@H](NC(=O)[C@@H](N(C)C(=O)OC(C)(C)C)C(C)(C)C)C(N)=O)ccc1O. The summed E-state index contributed by atoms with van der Waals surface area (Å²) in [5.41, 5.74) is 5.57. The summed E-state index contributed by atoms with van der Waals surface area (Å²) < 4.78 is 5.39. The van der Waals surface area contributed by atoms with Crippen LogP contribution in [-0.4, -0.2) is 52.6 Å². The average Bonchev–Trinajstić information content (AvgIpc) is 2.54. The van der Waals surface area contributed by atoms with Crippen LogP contribution in [-0.2, 0) is 20.7 Å². The van der Waals surface area contributed by atoms with Gasteiger partial charge in [-0.3, -0.25) is 14.5 Å². The number of carbonyl (C=O) groups excluding carboxylic acids is 3. The summed E-state index contributed by atoms with van der Waals surface area (Å²) in [5, 5.41) is 12.4. The highest BCUT2D eigenvalue weighted by Crippen LogP contribution is 2.26. The van der Waals surface area contributed by atoms with E-state index in [4.69, 9.17) is 10.5 Å². The lowest BCUT2D eigenvalue weighted by Crippen LogP contribution is -2.58. The van der Waals surface area contributed by atoms with Gasteiger partial charge >= 0.3 is 6.09 Å². The van der Waals surface area contributed by atoms with Crippen molar-refractivity contribution >= 4 is 17.9 Å². The number of ether oxygens (including phenoxy) is 1. The molecule has 0 radical (unpaired) electrons. The van der Waals surface area contributed by atoms with Gasteiger partial charge in [0.05, 0.1) is 0 Å². The number of phenols is 1. The van der Waals surface area contributed by atoms with E-state index in [0.717, 1.165) is 5.56 Å².